The van der Waals surface area contributed by atoms with E-state index in [0.717, 1.165) is 5.56 Å². The molecule has 0 saturated carbocycles. The molecule has 3 aliphatic heterocycles. The van der Waals surface area contributed by atoms with Gasteiger partial charge >= 0.3 is 5.97 Å². The minimum absolute atomic E-state index is 0.0846. The van der Waals surface area contributed by atoms with Crippen molar-refractivity contribution in [1.29, 1.82) is 0 Å². The summed E-state index contributed by atoms with van der Waals surface area (Å²) in [6.07, 6.45) is 0.399. The van der Waals surface area contributed by atoms with Gasteiger partial charge < -0.3 is 23.7 Å². The fraction of sp³-hybridized carbons (Fsp3) is 0.300. The van der Waals surface area contributed by atoms with Crippen molar-refractivity contribution >= 4 is 11.8 Å². The molecular weight excluding hydrogens is 352 g/mol. The molecule has 5 rings (SSSR count). The molecule has 3 heterocycles. The summed E-state index contributed by atoms with van der Waals surface area (Å²) in [5.41, 5.74) is 1.38. The fourth-order valence-corrected chi connectivity index (χ4v) is 3.63. The third kappa shape index (κ3) is 2.75. The Morgan fingerprint density at radius 2 is 1.52 bits per heavy atom. The number of hydrogen-bond donors (Lipinski definition) is 0. The molecule has 2 aromatic carbocycles. The largest absolute Gasteiger partial charge is 0.465 e. The smallest absolute Gasteiger partial charge is 0.310 e. The van der Waals surface area contributed by atoms with Gasteiger partial charge in [-0.2, -0.15) is 0 Å². The lowest BCUT2D eigenvalue weighted by Gasteiger charge is -2.15. The Labute approximate surface area is 154 Å². The van der Waals surface area contributed by atoms with E-state index in [2.05, 4.69) is 0 Å². The second kappa shape index (κ2) is 6.19. The molecule has 27 heavy (non-hydrogen) atoms. The lowest BCUT2D eigenvalue weighted by atomic mass is 9.84. The highest BCUT2D eigenvalue weighted by Crippen LogP contribution is 2.37. The Kier molecular flexibility index (Phi) is 3.67. The zero-order chi connectivity index (χ0) is 18.4. The van der Waals surface area contributed by atoms with Crippen molar-refractivity contribution < 1.29 is 33.3 Å². The standard InChI is InChI=1S/C20H16O7/c21-19(12-2-4-16-18(7-12)27-10-25-16)14-8-23-20(22)13(14)5-11-1-3-15-17(6-11)26-9-24-15/h1-4,6-7,13-14H,5,8-10H2/t13-,14+/m1/s1. The molecule has 0 amide bonds. The van der Waals surface area contributed by atoms with Crippen molar-refractivity contribution in [2.75, 3.05) is 20.2 Å². The highest BCUT2D eigenvalue weighted by atomic mass is 16.7. The van der Waals surface area contributed by atoms with Crippen LogP contribution in [-0.2, 0) is 16.0 Å². The van der Waals surface area contributed by atoms with Crippen molar-refractivity contribution in [1.82, 2.24) is 0 Å². The van der Waals surface area contributed by atoms with E-state index in [1.807, 2.05) is 18.2 Å². The highest BCUT2D eigenvalue weighted by Gasteiger charge is 2.42. The number of fused-ring (bicyclic) bond motifs is 2. The van der Waals surface area contributed by atoms with Gasteiger partial charge in [-0.3, -0.25) is 9.59 Å². The number of cyclic esters (lactones) is 1. The Hall–Kier alpha value is -3.22. The SMILES string of the molecule is O=C(c1ccc2c(c1)OCO2)[C@H]1COC(=O)[C@@H]1Cc1ccc2c(c1)OCO2. The molecule has 7 nitrogen and oxygen atoms in total. The van der Waals surface area contributed by atoms with Crippen LogP contribution in [0.4, 0.5) is 0 Å². The van der Waals surface area contributed by atoms with Gasteiger partial charge in [-0.05, 0) is 42.3 Å². The number of benzene rings is 2. The molecule has 1 fully saturated rings. The van der Waals surface area contributed by atoms with Crippen molar-refractivity contribution in [2.45, 2.75) is 6.42 Å². The molecule has 0 radical (unpaired) electrons. The van der Waals surface area contributed by atoms with Crippen molar-refractivity contribution in [3.63, 3.8) is 0 Å². The number of esters is 1. The van der Waals surface area contributed by atoms with E-state index in [1.54, 1.807) is 18.2 Å². The summed E-state index contributed by atoms with van der Waals surface area (Å²) in [7, 11) is 0. The van der Waals surface area contributed by atoms with Gasteiger partial charge in [0.2, 0.25) is 13.6 Å². The molecular formula is C20H16O7. The van der Waals surface area contributed by atoms with Crippen molar-refractivity contribution in [3.8, 4) is 23.0 Å². The molecule has 1 saturated heterocycles. The van der Waals surface area contributed by atoms with Crippen LogP contribution < -0.4 is 18.9 Å². The average molecular weight is 368 g/mol. The number of ketones is 1. The summed E-state index contributed by atoms with van der Waals surface area (Å²) in [5.74, 6) is 0.919. The van der Waals surface area contributed by atoms with Crippen LogP contribution in [0.25, 0.3) is 0 Å². The summed E-state index contributed by atoms with van der Waals surface area (Å²) in [4.78, 5) is 25.3. The second-order valence-corrected chi connectivity index (χ2v) is 6.67. The zero-order valence-corrected chi connectivity index (χ0v) is 14.3. The van der Waals surface area contributed by atoms with E-state index < -0.39 is 11.8 Å². The third-order valence-corrected chi connectivity index (χ3v) is 5.08. The quantitative estimate of drug-likeness (QED) is 0.605. The molecule has 7 heteroatoms. The number of ether oxygens (including phenoxy) is 5. The van der Waals surface area contributed by atoms with Crippen LogP contribution in [0.1, 0.15) is 15.9 Å². The van der Waals surface area contributed by atoms with Gasteiger partial charge in [-0.15, -0.1) is 0 Å². The molecule has 0 aromatic heterocycles. The first-order valence-electron chi connectivity index (χ1n) is 8.68. The van der Waals surface area contributed by atoms with Gasteiger partial charge in [0.05, 0.1) is 11.8 Å². The van der Waals surface area contributed by atoms with E-state index in [4.69, 9.17) is 23.7 Å². The molecule has 138 valence electrons. The Bertz CT molecular complexity index is 936. The molecule has 0 spiro atoms. The van der Waals surface area contributed by atoms with Gasteiger partial charge in [-0.1, -0.05) is 6.07 Å². The van der Waals surface area contributed by atoms with E-state index in [0.29, 0.717) is 35.0 Å². The van der Waals surface area contributed by atoms with Gasteiger partial charge in [0, 0.05) is 5.56 Å². The molecule has 0 bridgehead atoms. The normalized spacial score (nSPS) is 22.0. The molecule has 0 unspecified atom stereocenters. The van der Waals surface area contributed by atoms with E-state index in [9.17, 15) is 9.59 Å². The lowest BCUT2D eigenvalue weighted by Crippen LogP contribution is -2.26. The average Bonchev–Trinajstić information content (AvgIpc) is 3.41. The highest BCUT2D eigenvalue weighted by molar-refractivity contribution is 6.01. The van der Waals surface area contributed by atoms with Crippen LogP contribution in [0.5, 0.6) is 23.0 Å². The summed E-state index contributed by atoms with van der Waals surface area (Å²) in [6.45, 7) is 0.418. The molecule has 2 aromatic rings. The Morgan fingerprint density at radius 3 is 2.30 bits per heavy atom. The first-order valence-corrected chi connectivity index (χ1v) is 8.68. The predicted molar refractivity (Wildman–Crippen MR) is 91.1 cm³/mol. The Balaban J connectivity index is 1.38. The van der Waals surface area contributed by atoms with Gasteiger partial charge in [-0.25, -0.2) is 0 Å². The van der Waals surface area contributed by atoms with Crippen molar-refractivity contribution in [3.05, 3.63) is 47.5 Å². The Morgan fingerprint density at radius 1 is 0.852 bits per heavy atom. The van der Waals surface area contributed by atoms with Gasteiger partial charge in [0.25, 0.3) is 0 Å². The molecule has 2 atom stereocenters. The number of carbonyl (C=O) groups excluding carboxylic acids is 2. The number of hydrogen-bond acceptors (Lipinski definition) is 7. The summed E-state index contributed by atoms with van der Waals surface area (Å²) in [6, 6.07) is 10.6. The fourth-order valence-electron chi connectivity index (χ4n) is 3.63. The van der Waals surface area contributed by atoms with E-state index in [-0.39, 0.29) is 31.9 Å². The van der Waals surface area contributed by atoms with Crippen LogP contribution >= 0.6 is 0 Å². The van der Waals surface area contributed by atoms with Crippen molar-refractivity contribution in [2.24, 2.45) is 11.8 Å². The minimum Gasteiger partial charge on any atom is -0.465 e. The maximum absolute atomic E-state index is 13.0. The lowest BCUT2D eigenvalue weighted by molar-refractivity contribution is -0.141. The number of carbonyl (C=O) groups is 2. The van der Waals surface area contributed by atoms with Crippen LogP contribution in [-0.4, -0.2) is 31.9 Å². The second-order valence-electron chi connectivity index (χ2n) is 6.67. The van der Waals surface area contributed by atoms with Crippen LogP contribution in [0, 0.1) is 11.8 Å². The summed E-state index contributed by atoms with van der Waals surface area (Å²) >= 11 is 0. The topological polar surface area (TPSA) is 80.3 Å². The first kappa shape index (κ1) is 16.0. The maximum atomic E-state index is 13.0. The monoisotopic (exact) mass is 368 g/mol. The molecule has 0 aliphatic carbocycles. The van der Waals surface area contributed by atoms with Crippen LogP contribution in [0.2, 0.25) is 0 Å². The summed E-state index contributed by atoms with van der Waals surface area (Å²) < 4.78 is 26.5. The molecule has 3 aliphatic rings. The van der Waals surface area contributed by atoms with Crippen LogP contribution in [0.3, 0.4) is 0 Å². The first-order chi connectivity index (χ1) is 13.2. The number of Topliss-reactive ketones (excluding diaryl/α,β-unsaturated/α-hetero) is 1. The third-order valence-electron chi connectivity index (χ3n) is 5.08. The minimum atomic E-state index is -0.539. The van der Waals surface area contributed by atoms with Gasteiger partial charge in [0.1, 0.15) is 6.61 Å². The summed E-state index contributed by atoms with van der Waals surface area (Å²) in [5, 5.41) is 0. The van der Waals surface area contributed by atoms with E-state index >= 15 is 0 Å². The molecule has 0 N–H and O–H groups in total. The predicted octanol–water partition coefficient (Wildman–Crippen LogP) is 2.36. The van der Waals surface area contributed by atoms with E-state index in [1.165, 1.54) is 0 Å². The maximum Gasteiger partial charge on any atom is 0.310 e. The number of rotatable bonds is 4. The van der Waals surface area contributed by atoms with Gasteiger partial charge in [0.15, 0.2) is 28.8 Å². The zero-order valence-electron chi connectivity index (χ0n) is 14.3. The van der Waals surface area contributed by atoms with Crippen LogP contribution in [0.15, 0.2) is 36.4 Å².